The first kappa shape index (κ1) is 19.7. The highest BCUT2D eigenvalue weighted by Crippen LogP contribution is 2.33. The zero-order valence-corrected chi connectivity index (χ0v) is 17.4. The highest BCUT2D eigenvalue weighted by molar-refractivity contribution is 5.53. The van der Waals surface area contributed by atoms with Crippen molar-refractivity contribution in [1.82, 2.24) is 10.3 Å². The molecule has 0 radical (unpaired) electrons. The number of nitrogens with zero attached hydrogens (tertiary/aromatic N) is 1. The van der Waals surface area contributed by atoms with Crippen LogP contribution in [0.1, 0.15) is 42.7 Å². The summed E-state index contributed by atoms with van der Waals surface area (Å²) in [6, 6.07) is 18.6. The van der Waals surface area contributed by atoms with Crippen molar-refractivity contribution in [2.75, 3.05) is 19.7 Å². The largest absolute Gasteiger partial charge is 0.493 e. The van der Waals surface area contributed by atoms with Crippen molar-refractivity contribution < 1.29 is 9.15 Å². The minimum Gasteiger partial charge on any atom is -0.493 e. The van der Waals surface area contributed by atoms with Crippen LogP contribution in [0.3, 0.4) is 0 Å². The number of nitrogens with one attached hydrogen (secondary N) is 1. The van der Waals surface area contributed by atoms with Crippen LogP contribution in [0.15, 0.2) is 59.0 Å². The van der Waals surface area contributed by atoms with E-state index in [1.165, 1.54) is 18.4 Å². The molecule has 4 rings (SSSR count). The van der Waals surface area contributed by atoms with Gasteiger partial charge in [-0.2, -0.15) is 0 Å². The zero-order valence-electron chi connectivity index (χ0n) is 17.4. The molecule has 3 aromatic rings. The summed E-state index contributed by atoms with van der Waals surface area (Å²) >= 11 is 0. The topological polar surface area (TPSA) is 47.3 Å². The molecular formula is C25H30N2O2. The third kappa shape index (κ3) is 4.70. The molecule has 2 atom stereocenters. The average molecular weight is 391 g/mol. The Kier molecular flexibility index (Phi) is 6.30. The van der Waals surface area contributed by atoms with Gasteiger partial charge in [0.15, 0.2) is 0 Å². The van der Waals surface area contributed by atoms with Crippen molar-refractivity contribution in [1.29, 1.82) is 0 Å². The van der Waals surface area contributed by atoms with Gasteiger partial charge in [0.2, 0.25) is 5.89 Å². The Labute approximate surface area is 173 Å². The molecule has 1 aliphatic rings. The first-order valence-corrected chi connectivity index (χ1v) is 10.7. The molecule has 0 saturated carbocycles. The van der Waals surface area contributed by atoms with Crippen LogP contribution >= 0.6 is 0 Å². The van der Waals surface area contributed by atoms with Gasteiger partial charge in [-0.05, 0) is 61.6 Å². The summed E-state index contributed by atoms with van der Waals surface area (Å²) in [5.41, 5.74) is 3.34. The van der Waals surface area contributed by atoms with Gasteiger partial charge in [-0.1, -0.05) is 43.7 Å². The zero-order chi connectivity index (χ0) is 20.1. The van der Waals surface area contributed by atoms with Crippen molar-refractivity contribution in [2.24, 2.45) is 5.92 Å². The number of hydrogen-bond acceptors (Lipinski definition) is 4. The molecule has 4 heteroatoms. The third-order valence-electron chi connectivity index (χ3n) is 5.96. The lowest BCUT2D eigenvalue weighted by Crippen LogP contribution is -2.34. The highest BCUT2D eigenvalue weighted by atomic mass is 16.5. The van der Waals surface area contributed by atoms with E-state index in [1.807, 2.05) is 43.3 Å². The van der Waals surface area contributed by atoms with Crippen molar-refractivity contribution >= 4 is 0 Å². The molecule has 29 heavy (non-hydrogen) atoms. The first-order valence-electron chi connectivity index (χ1n) is 10.7. The fourth-order valence-corrected chi connectivity index (χ4v) is 4.26. The molecule has 1 fully saturated rings. The van der Waals surface area contributed by atoms with Gasteiger partial charge in [0.05, 0.1) is 12.3 Å². The number of rotatable bonds is 7. The molecule has 1 saturated heterocycles. The van der Waals surface area contributed by atoms with Gasteiger partial charge < -0.3 is 14.5 Å². The van der Waals surface area contributed by atoms with Crippen LogP contribution in [-0.4, -0.2) is 24.7 Å². The number of piperidine rings is 1. The fraction of sp³-hybridized carbons (Fsp3) is 0.400. The maximum absolute atomic E-state index is 6.08. The van der Waals surface area contributed by atoms with E-state index in [2.05, 4.69) is 35.4 Å². The summed E-state index contributed by atoms with van der Waals surface area (Å²) in [5, 5.41) is 3.54. The van der Waals surface area contributed by atoms with Crippen LogP contribution in [-0.2, 0) is 6.42 Å². The maximum atomic E-state index is 6.08. The Morgan fingerprint density at radius 2 is 2.00 bits per heavy atom. The van der Waals surface area contributed by atoms with Crippen LogP contribution < -0.4 is 10.1 Å². The highest BCUT2D eigenvalue weighted by Gasteiger charge is 2.25. The molecule has 0 amide bonds. The molecule has 0 unspecified atom stereocenters. The summed E-state index contributed by atoms with van der Waals surface area (Å²) < 4.78 is 11.9. The van der Waals surface area contributed by atoms with Gasteiger partial charge in [0.25, 0.3) is 0 Å². The molecule has 1 aliphatic heterocycles. The standard InChI is InChI=1S/C25H30N2O2/c1-3-19-12-14-26-17-23(19)21-10-7-11-22(16-21)28-15-13-24-18(2)29-25(27-24)20-8-5-4-6-9-20/h4-11,16,19,23,26H,3,12-15,17H2,1-2H3/t19-,23+/m0/s1. The minimum absolute atomic E-state index is 0.573. The molecule has 0 bridgehead atoms. The molecule has 1 N–H and O–H groups in total. The quantitative estimate of drug-likeness (QED) is 0.589. The molecule has 2 aromatic carbocycles. The van der Waals surface area contributed by atoms with Crippen molar-refractivity contribution in [3.8, 4) is 17.2 Å². The Hall–Kier alpha value is -2.59. The molecule has 1 aromatic heterocycles. The molecule has 4 nitrogen and oxygen atoms in total. The van der Waals surface area contributed by atoms with Gasteiger partial charge >= 0.3 is 0 Å². The second kappa shape index (κ2) is 9.27. The van der Waals surface area contributed by atoms with Crippen LogP contribution in [0, 0.1) is 12.8 Å². The van der Waals surface area contributed by atoms with Crippen LogP contribution in [0.25, 0.3) is 11.5 Å². The van der Waals surface area contributed by atoms with Crippen molar-refractivity contribution in [3.63, 3.8) is 0 Å². The summed E-state index contributed by atoms with van der Waals surface area (Å²) in [4.78, 5) is 4.67. The second-order valence-corrected chi connectivity index (χ2v) is 7.83. The number of aromatic nitrogens is 1. The van der Waals surface area contributed by atoms with Gasteiger partial charge in [-0.25, -0.2) is 4.98 Å². The smallest absolute Gasteiger partial charge is 0.226 e. The summed E-state index contributed by atoms with van der Waals surface area (Å²) in [7, 11) is 0. The Morgan fingerprint density at radius 3 is 2.83 bits per heavy atom. The van der Waals surface area contributed by atoms with E-state index in [0.717, 1.165) is 48.2 Å². The monoisotopic (exact) mass is 390 g/mol. The lowest BCUT2D eigenvalue weighted by Gasteiger charge is -2.32. The molecule has 152 valence electrons. The number of benzene rings is 2. The van der Waals surface area contributed by atoms with Crippen LogP contribution in [0.4, 0.5) is 0 Å². The van der Waals surface area contributed by atoms with E-state index < -0.39 is 0 Å². The van der Waals surface area contributed by atoms with E-state index in [-0.39, 0.29) is 0 Å². The fourth-order valence-electron chi connectivity index (χ4n) is 4.26. The van der Waals surface area contributed by atoms with E-state index in [1.54, 1.807) is 0 Å². The predicted octanol–water partition coefficient (Wildman–Crippen LogP) is 5.37. The second-order valence-electron chi connectivity index (χ2n) is 7.83. The lowest BCUT2D eigenvalue weighted by atomic mass is 9.80. The summed E-state index contributed by atoms with van der Waals surface area (Å²) in [6.45, 7) is 7.05. The molecular weight excluding hydrogens is 360 g/mol. The third-order valence-corrected chi connectivity index (χ3v) is 5.96. The molecule has 0 spiro atoms. The maximum Gasteiger partial charge on any atom is 0.226 e. The molecule has 2 heterocycles. The van der Waals surface area contributed by atoms with E-state index >= 15 is 0 Å². The van der Waals surface area contributed by atoms with E-state index in [9.17, 15) is 0 Å². The van der Waals surface area contributed by atoms with Gasteiger partial charge in [-0.15, -0.1) is 0 Å². The lowest BCUT2D eigenvalue weighted by molar-refractivity contribution is 0.307. The van der Waals surface area contributed by atoms with Crippen molar-refractivity contribution in [2.45, 2.75) is 39.0 Å². The number of oxazole rings is 1. The number of aryl methyl sites for hydroxylation is 1. The normalized spacial score (nSPS) is 19.2. The van der Waals surface area contributed by atoms with Gasteiger partial charge in [0.1, 0.15) is 11.5 Å². The summed E-state index contributed by atoms with van der Waals surface area (Å²) in [5.74, 6) is 3.80. The molecule has 0 aliphatic carbocycles. The van der Waals surface area contributed by atoms with Gasteiger partial charge in [0, 0.05) is 18.5 Å². The minimum atomic E-state index is 0.573. The summed E-state index contributed by atoms with van der Waals surface area (Å²) in [6.07, 6.45) is 3.21. The average Bonchev–Trinajstić information content (AvgIpc) is 3.15. The number of ether oxygens (including phenoxy) is 1. The van der Waals surface area contributed by atoms with Crippen molar-refractivity contribution in [3.05, 3.63) is 71.6 Å². The van der Waals surface area contributed by atoms with E-state index in [4.69, 9.17) is 9.15 Å². The first-order chi connectivity index (χ1) is 14.2. The van der Waals surface area contributed by atoms with E-state index in [0.29, 0.717) is 18.4 Å². The van der Waals surface area contributed by atoms with Crippen LogP contribution in [0.2, 0.25) is 0 Å². The Balaban J connectivity index is 1.38. The Morgan fingerprint density at radius 1 is 1.14 bits per heavy atom. The SMILES string of the molecule is CC[C@H]1CCNC[C@H]1c1cccc(OCCc2nc(-c3ccccc3)oc2C)c1. The van der Waals surface area contributed by atoms with Gasteiger partial charge in [-0.3, -0.25) is 0 Å². The Bertz CT molecular complexity index is 920. The predicted molar refractivity (Wildman–Crippen MR) is 116 cm³/mol. The van der Waals surface area contributed by atoms with Crippen LogP contribution in [0.5, 0.6) is 5.75 Å². The number of hydrogen-bond donors (Lipinski definition) is 1.